The Morgan fingerprint density at radius 2 is 1.96 bits per heavy atom. The molecular weight excluding hydrogens is 398 g/mol. The molecule has 0 aliphatic carbocycles. The molecule has 0 unspecified atom stereocenters. The molecule has 3 rings (SSSR count). The van der Waals surface area contributed by atoms with Crippen LogP contribution in [0.1, 0.15) is 25.6 Å². The molecule has 0 saturated carbocycles. The van der Waals surface area contributed by atoms with Gasteiger partial charge in [0.1, 0.15) is 18.3 Å². The lowest BCUT2D eigenvalue weighted by Gasteiger charge is -2.24. The summed E-state index contributed by atoms with van der Waals surface area (Å²) in [7, 11) is -4.12. The van der Waals surface area contributed by atoms with Gasteiger partial charge in [0.15, 0.2) is 12.0 Å². The van der Waals surface area contributed by atoms with Crippen molar-refractivity contribution in [2.75, 3.05) is 18.9 Å². The van der Waals surface area contributed by atoms with Crippen LogP contribution in [0.4, 0.5) is 0 Å². The van der Waals surface area contributed by atoms with E-state index in [1.165, 1.54) is 6.20 Å². The van der Waals surface area contributed by atoms with Crippen molar-refractivity contribution in [1.29, 1.82) is 0 Å². The maximum Gasteiger partial charge on any atom is 0.330 e. The van der Waals surface area contributed by atoms with Crippen molar-refractivity contribution in [2.24, 2.45) is 0 Å². The van der Waals surface area contributed by atoms with Gasteiger partial charge in [0.25, 0.3) is 15.7 Å². The van der Waals surface area contributed by atoms with E-state index >= 15 is 0 Å². The number of nitrogens with zero attached hydrogens (tertiary/aromatic N) is 1. The Balaban J connectivity index is 1.82. The Kier molecular flexibility index (Phi) is 5.78. The van der Waals surface area contributed by atoms with Gasteiger partial charge >= 0.3 is 5.69 Å². The zero-order valence-corrected chi connectivity index (χ0v) is 16.1. The molecule has 2 aliphatic rings. The quantitative estimate of drug-likeness (QED) is 0.283. The van der Waals surface area contributed by atoms with Crippen molar-refractivity contribution in [3.63, 3.8) is 0 Å². The topological polar surface area (TPSA) is 169 Å². The SMILES string of the molecule is CC1(C)O[C@@H]2[C@H](O1)[C@@H](CO)O[C@H]2n1cc(CNCCS(=O)(=O)O)c(=O)[nH]c1=O. The van der Waals surface area contributed by atoms with Gasteiger partial charge in [-0.05, 0) is 13.8 Å². The second kappa shape index (κ2) is 7.67. The number of hydrogen-bond acceptors (Lipinski definition) is 9. The van der Waals surface area contributed by atoms with E-state index in [9.17, 15) is 23.1 Å². The fourth-order valence-corrected chi connectivity index (χ4v) is 3.70. The number of H-pyrrole nitrogens is 1. The molecule has 4 N–H and O–H groups in total. The molecule has 2 aliphatic heterocycles. The van der Waals surface area contributed by atoms with E-state index in [1.54, 1.807) is 13.8 Å². The van der Waals surface area contributed by atoms with Crippen LogP contribution in [0.2, 0.25) is 0 Å². The van der Waals surface area contributed by atoms with Gasteiger partial charge in [0.05, 0.1) is 12.4 Å². The van der Waals surface area contributed by atoms with E-state index in [0.717, 1.165) is 4.57 Å². The summed E-state index contributed by atoms with van der Waals surface area (Å²) in [6.45, 7) is 2.95. The van der Waals surface area contributed by atoms with E-state index < -0.39 is 57.4 Å². The Morgan fingerprint density at radius 3 is 2.61 bits per heavy atom. The number of fused-ring (bicyclic) bond motifs is 1. The zero-order chi connectivity index (χ0) is 20.7. The molecular formula is C15H23N3O9S. The maximum atomic E-state index is 12.3. The highest BCUT2D eigenvalue weighted by Crippen LogP contribution is 2.42. The molecule has 13 heteroatoms. The minimum absolute atomic E-state index is 0.0434. The average molecular weight is 421 g/mol. The molecule has 0 radical (unpaired) electrons. The van der Waals surface area contributed by atoms with Gasteiger partial charge < -0.3 is 24.6 Å². The van der Waals surface area contributed by atoms with Crippen LogP contribution in [0.15, 0.2) is 15.8 Å². The third-order valence-electron chi connectivity index (χ3n) is 4.47. The Morgan fingerprint density at radius 1 is 1.29 bits per heavy atom. The summed E-state index contributed by atoms with van der Waals surface area (Å²) in [5, 5.41) is 12.2. The fraction of sp³-hybridized carbons (Fsp3) is 0.733. The summed E-state index contributed by atoms with van der Waals surface area (Å²) in [5.74, 6) is -1.44. The second-order valence-electron chi connectivity index (χ2n) is 7.10. The first-order valence-electron chi connectivity index (χ1n) is 8.63. The van der Waals surface area contributed by atoms with E-state index in [4.69, 9.17) is 18.8 Å². The first kappa shape index (κ1) is 21.1. The lowest BCUT2D eigenvalue weighted by molar-refractivity contribution is -0.200. The minimum atomic E-state index is -4.12. The standard InChI is InChI=1S/C15H23N3O9S/c1-15(2)26-10-9(7-19)25-13(11(10)27-15)18-6-8(12(20)17-14(18)21)5-16-3-4-28(22,23)24/h6,9-11,13,16,19H,3-5,7H2,1-2H3,(H,17,20,21)(H,22,23,24)/t9-,10-,11-,13-/m1/s1. The predicted octanol–water partition coefficient (Wildman–Crippen LogP) is -2.08. The van der Waals surface area contributed by atoms with Gasteiger partial charge in [-0.3, -0.25) is 18.9 Å². The molecule has 0 spiro atoms. The van der Waals surface area contributed by atoms with Crippen LogP contribution in [0, 0.1) is 0 Å². The fourth-order valence-electron chi connectivity index (χ4n) is 3.30. The highest BCUT2D eigenvalue weighted by atomic mass is 32.2. The highest BCUT2D eigenvalue weighted by Gasteiger charge is 2.55. The summed E-state index contributed by atoms with van der Waals surface area (Å²) >= 11 is 0. The molecule has 4 atom stereocenters. The molecule has 3 heterocycles. The number of ether oxygens (including phenoxy) is 3. The molecule has 1 aromatic heterocycles. The summed E-state index contributed by atoms with van der Waals surface area (Å²) in [6.07, 6.45) is -1.59. The van der Waals surface area contributed by atoms with E-state index in [0.29, 0.717) is 0 Å². The van der Waals surface area contributed by atoms with Crippen molar-refractivity contribution < 1.29 is 32.3 Å². The van der Waals surface area contributed by atoms with Crippen LogP contribution < -0.4 is 16.6 Å². The number of hydrogen-bond donors (Lipinski definition) is 4. The molecule has 2 saturated heterocycles. The summed E-state index contributed by atoms with van der Waals surface area (Å²) in [5.41, 5.74) is -1.21. The van der Waals surface area contributed by atoms with Crippen molar-refractivity contribution in [2.45, 2.75) is 50.7 Å². The van der Waals surface area contributed by atoms with Crippen LogP contribution in [0.25, 0.3) is 0 Å². The molecule has 1 aromatic rings. The molecule has 12 nitrogen and oxygen atoms in total. The number of aromatic nitrogens is 2. The lowest BCUT2D eigenvalue weighted by atomic mass is 10.1. The monoisotopic (exact) mass is 421 g/mol. The Labute approximate surface area is 160 Å². The van der Waals surface area contributed by atoms with Gasteiger partial charge in [-0.15, -0.1) is 0 Å². The molecule has 0 amide bonds. The first-order chi connectivity index (χ1) is 13.0. The van der Waals surface area contributed by atoms with Crippen molar-refractivity contribution >= 4 is 10.1 Å². The van der Waals surface area contributed by atoms with Crippen molar-refractivity contribution in [3.8, 4) is 0 Å². The van der Waals surface area contributed by atoms with Gasteiger partial charge in [-0.1, -0.05) is 0 Å². The van der Waals surface area contributed by atoms with E-state index in [2.05, 4.69) is 10.3 Å². The summed E-state index contributed by atoms with van der Waals surface area (Å²) in [4.78, 5) is 26.5. The largest absolute Gasteiger partial charge is 0.394 e. The van der Waals surface area contributed by atoms with Crippen molar-refractivity contribution in [3.05, 3.63) is 32.6 Å². The molecule has 0 aromatic carbocycles. The van der Waals surface area contributed by atoms with Crippen LogP contribution in [-0.4, -0.2) is 70.6 Å². The second-order valence-corrected chi connectivity index (χ2v) is 8.67. The molecule has 0 bridgehead atoms. The van der Waals surface area contributed by atoms with Gasteiger partial charge in [0, 0.05) is 24.8 Å². The van der Waals surface area contributed by atoms with Gasteiger partial charge in [0.2, 0.25) is 0 Å². The molecule has 28 heavy (non-hydrogen) atoms. The van der Waals surface area contributed by atoms with Crippen LogP contribution in [0.3, 0.4) is 0 Å². The summed E-state index contributed by atoms with van der Waals surface area (Å²) < 4.78 is 48.6. The van der Waals surface area contributed by atoms with E-state index in [1.807, 2.05) is 0 Å². The minimum Gasteiger partial charge on any atom is -0.394 e. The molecule has 158 valence electrons. The predicted molar refractivity (Wildman–Crippen MR) is 94.3 cm³/mol. The number of nitrogens with one attached hydrogen (secondary N) is 2. The smallest absolute Gasteiger partial charge is 0.330 e. The zero-order valence-electron chi connectivity index (χ0n) is 15.3. The van der Waals surface area contributed by atoms with E-state index in [-0.39, 0.29) is 25.3 Å². The molecule has 2 fully saturated rings. The lowest BCUT2D eigenvalue weighted by Crippen LogP contribution is -2.39. The third-order valence-corrected chi connectivity index (χ3v) is 5.19. The van der Waals surface area contributed by atoms with Gasteiger partial charge in [-0.2, -0.15) is 8.42 Å². The van der Waals surface area contributed by atoms with Crippen LogP contribution in [-0.2, 0) is 30.9 Å². The Hall–Kier alpha value is -1.61. The van der Waals surface area contributed by atoms with Crippen molar-refractivity contribution in [1.82, 2.24) is 14.9 Å². The number of aliphatic hydroxyl groups is 1. The first-order valence-corrected chi connectivity index (χ1v) is 10.2. The van der Waals surface area contributed by atoms with Crippen LogP contribution in [0.5, 0.6) is 0 Å². The Bertz CT molecular complexity index is 939. The third kappa shape index (κ3) is 4.51. The number of rotatable bonds is 7. The maximum absolute atomic E-state index is 12.3. The number of aliphatic hydroxyl groups excluding tert-OH is 1. The highest BCUT2D eigenvalue weighted by molar-refractivity contribution is 7.85. The van der Waals surface area contributed by atoms with Gasteiger partial charge in [-0.25, -0.2) is 4.79 Å². The normalized spacial score (nSPS) is 29.1. The summed E-state index contributed by atoms with van der Waals surface area (Å²) in [6, 6.07) is 0. The number of aromatic amines is 1. The average Bonchev–Trinajstić information content (AvgIpc) is 3.05. The van der Waals surface area contributed by atoms with Crippen LogP contribution >= 0.6 is 0 Å².